The summed E-state index contributed by atoms with van der Waals surface area (Å²) in [6.45, 7) is 4.32. The molecule has 0 atom stereocenters. The number of nitrogens with one attached hydrogen (secondary N) is 1. The van der Waals surface area contributed by atoms with Gasteiger partial charge in [0.15, 0.2) is 0 Å². The molecule has 1 heterocycles. The summed E-state index contributed by atoms with van der Waals surface area (Å²) < 4.78 is 36.2. The van der Waals surface area contributed by atoms with Crippen molar-refractivity contribution >= 4 is 15.9 Å². The van der Waals surface area contributed by atoms with E-state index in [2.05, 4.69) is 10.5 Å². The van der Waals surface area contributed by atoms with Crippen LogP contribution in [0.15, 0.2) is 57.9 Å². The van der Waals surface area contributed by atoms with Gasteiger partial charge in [-0.05, 0) is 55.8 Å². The van der Waals surface area contributed by atoms with Gasteiger partial charge in [-0.2, -0.15) is 0 Å². The molecule has 0 aliphatic rings. The average molecular weight is 444 g/mol. The summed E-state index contributed by atoms with van der Waals surface area (Å²) in [4.78, 5) is 12.6. The molecule has 164 valence electrons. The second-order valence-corrected chi connectivity index (χ2v) is 9.38. The van der Waals surface area contributed by atoms with Gasteiger partial charge < -0.3 is 14.6 Å². The summed E-state index contributed by atoms with van der Waals surface area (Å²) in [7, 11) is -0.505. The van der Waals surface area contributed by atoms with Crippen LogP contribution in [0.1, 0.15) is 32.9 Å². The highest BCUT2D eigenvalue weighted by Crippen LogP contribution is 2.18. The molecule has 1 N–H and O–H groups in total. The zero-order chi connectivity index (χ0) is 22.6. The molecule has 0 bridgehead atoms. The van der Waals surface area contributed by atoms with Crippen molar-refractivity contribution < 1.29 is 22.5 Å². The van der Waals surface area contributed by atoms with Crippen LogP contribution >= 0.6 is 0 Å². The SMILES string of the molecule is Cc1noc(C)c1COc1ccc(C(=O)NCc2ccc(S(=O)(=O)N(C)C)cc2)cc1. The van der Waals surface area contributed by atoms with E-state index in [9.17, 15) is 13.2 Å². The quantitative estimate of drug-likeness (QED) is 0.574. The minimum Gasteiger partial charge on any atom is -0.489 e. The van der Waals surface area contributed by atoms with Crippen LogP contribution in [-0.4, -0.2) is 37.9 Å². The number of carbonyl (C=O) groups excluding carboxylic acids is 1. The molecule has 3 rings (SSSR count). The fourth-order valence-corrected chi connectivity index (χ4v) is 3.74. The van der Waals surface area contributed by atoms with Crippen molar-refractivity contribution in [2.75, 3.05) is 14.1 Å². The minimum atomic E-state index is -3.47. The van der Waals surface area contributed by atoms with Crippen LogP contribution in [0.2, 0.25) is 0 Å². The first-order valence-corrected chi connectivity index (χ1v) is 11.1. The van der Waals surface area contributed by atoms with E-state index in [0.717, 1.165) is 26.9 Å². The Morgan fingerprint density at radius 3 is 2.26 bits per heavy atom. The van der Waals surface area contributed by atoms with Crippen LogP contribution in [0.5, 0.6) is 5.75 Å². The Morgan fingerprint density at radius 2 is 1.71 bits per heavy atom. The molecule has 0 radical (unpaired) electrons. The van der Waals surface area contributed by atoms with Crippen molar-refractivity contribution in [2.45, 2.75) is 31.9 Å². The lowest BCUT2D eigenvalue weighted by Crippen LogP contribution is -2.23. The fraction of sp³-hybridized carbons (Fsp3) is 0.273. The van der Waals surface area contributed by atoms with Crippen molar-refractivity contribution in [1.82, 2.24) is 14.8 Å². The Morgan fingerprint density at radius 1 is 1.06 bits per heavy atom. The summed E-state index contributed by atoms with van der Waals surface area (Å²) in [5.41, 5.74) is 2.99. The molecule has 1 aromatic heterocycles. The minimum absolute atomic E-state index is 0.208. The number of aromatic nitrogens is 1. The summed E-state index contributed by atoms with van der Waals surface area (Å²) in [5.74, 6) is 1.12. The third-order valence-corrected chi connectivity index (χ3v) is 6.67. The Hall–Kier alpha value is -3.17. The highest BCUT2D eigenvalue weighted by Gasteiger charge is 2.16. The molecule has 3 aromatic rings. The lowest BCUT2D eigenvalue weighted by molar-refractivity contribution is 0.0951. The summed E-state index contributed by atoms with van der Waals surface area (Å²) in [5, 5.41) is 6.72. The fourth-order valence-electron chi connectivity index (χ4n) is 2.84. The van der Waals surface area contributed by atoms with E-state index in [-0.39, 0.29) is 17.3 Å². The molecule has 31 heavy (non-hydrogen) atoms. The van der Waals surface area contributed by atoms with Gasteiger partial charge in [-0.1, -0.05) is 17.3 Å². The van der Waals surface area contributed by atoms with Gasteiger partial charge in [0.2, 0.25) is 10.0 Å². The molecule has 0 saturated heterocycles. The standard InChI is InChI=1S/C22H25N3O5S/c1-15-21(16(2)30-24-15)14-29-19-9-7-18(8-10-19)22(26)23-13-17-5-11-20(12-6-17)31(27,28)25(3)4/h5-12H,13-14H2,1-4H3,(H,23,26). The second kappa shape index (κ2) is 9.32. The third-order valence-electron chi connectivity index (χ3n) is 4.84. The van der Waals surface area contributed by atoms with Crippen molar-refractivity contribution in [1.29, 1.82) is 0 Å². The number of amides is 1. The number of sulfonamides is 1. The van der Waals surface area contributed by atoms with Crippen LogP contribution < -0.4 is 10.1 Å². The summed E-state index contributed by atoms with van der Waals surface area (Å²) in [6, 6.07) is 13.3. The zero-order valence-electron chi connectivity index (χ0n) is 17.9. The first-order valence-electron chi connectivity index (χ1n) is 9.63. The Bertz CT molecular complexity index is 1130. The topological polar surface area (TPSA) is 102 Å². The van der Waals surface area contributed by atoms with Gasteiger partial charge >= 0.3 is 0 Å². The molecule has 0 aliphatic carbocycles. The smallest absolute Gasteiger partial charge is 0.251 e. The van der Waals surface area contributed by atoms with E-state index in [1.807, 2.05) is 13.8 Å². The van der Waals surface area contributed by atoms with Crippen molar-refractivity contribution in [3.8, 4) is 5.75 Å². The normalized spacial score (nSPS) is 11.5. The van der Waals surface area contributed by atoms with Gasteiger partial charge in [0.25, 0.3) is 5.91 Å². The Kier molecular flexibility index (Phi) is 6.77. The summed E-state index contributed by atoms with van der Waals surface area (Å²) >= 11 is 0. The lowest BCUT2D eigenvalue weighted by Gasteiger charge is -2.12. The molecule has 0 aliphatic heterocycles. The number of rotatable bonds is 8. The van der Waals surface area contributed by atoms with Gasteiger partial charge in [-0.25, -0.2) is 12.7 Å². The molecule has 0 saturated carbocycles. The maximum Gasteiger partial charge on any atom is 0.251 e. The first kappa shape index (κ1) is 22.5. The monoisotopic (exact) mass is 443 g/mol. The summed E-state index contributed by atoms with van der Waals surface area (Å²) in [6.07, 6.45) is 0. The number of carbonyl (C=O) groups is 1. The molecule has 9 heteroatoms. The van der Waals surface area contributed by atoms with Crippen molar-refractivity contribution in [2.24, 2.45) is 0 Å². The molecule has 8 nitrogen and oxygen atoms in total. The lowest BCUT2D eigenvalue weighted by atomic mass is 10.2. The first-order chi connectivity index (χ1) is 14.7. The maximum atomic E-state index is 12.4. The zero-order valence-corrected chi connectivity index (χ0v) is 18.7. The van der Waals surface area contributed by atoms with Gasteiger partial charge in [-0.15, -0.1) is 0 Å². The predicted molar refractivity (Wildman–Crippen MR) is 115 cm³/mol. The molecular weight excluding hydrogens is 418 g/mol. The number of nitrogens with zero attached hydrogens (tertiary/aromatic N) is 2. The predicted octanol–water partition coefficient (Wildman–Crippen LogP) is 3.05. The molecule has 0 unspecified atom stereocenters. The molecule has 0 fully saturated rings. The number of benzene rings is 2. The number of ether oxygens (including phenoxy) is 1. The molecule has 2 aromatic carbocycles. The van der Waals surface area contributed by atoms with Crippen molar-refractivity contribution in [3.05, 3.63) is 76.7 Å². The van der Waals surface area contributed by atoms with Gasteiger partial charge in [0.1, 0.15) is 18.1 Å². The second-order valence-electron chi connectivity index (χ2n) is 7.23. The number of hydrogen-bond donors (Lipinski definition) is 1. The van der Waals surface area contributed by atoms with Crippen LogP contribution in [-0.2, 0) is 23.2 Å². The van der Waals surface area contributed by atoms with E-state index in [1.54, 1.807) is 36.4 Å². The maximum absolute atomic E-state index is 12.4. The molecule has 1 amide bonds. The van der Waals surface area contributed by atoms with Crippen LogP contribution in [0.3, 0.4) is 0 Å². The van der Waals surface area contributed by atoms with E-state index in [0.29, 0.717) is 17.9 Å². The average Bonchev–Trinajstić information content (AvgIpc) is 3.08. The van der Waals surface area contributed by atoms with Gasteiger partial charge in [0.05, 0.1) is 16.2 Å². The van der Waals surface area contributed by atoms with Crippen molar-refractivity contribution in [3.63, 3.8) is 0 Å². The van der Waals surface area contributed by atoms with E-state index in [4.69, 9.17) is 9.26 Å². The van der Waals surface area contributed by atoms with Crippen LogP contribution in [0.4, 0.5) is 0 Å². The van der Waals surface area contributed by atoms with Crippen LogP contribution in [0, 0.1) is 13.8 Å². The largest absolute Gasteiger partial charge is 0.489 e. The van der Waals surface area contributed by atoms with Gasteiger partial charge in [0, 0.05) is 26.2 Å². The Labute approximate surface area is 181 Å². The third kappa shape index (κ3) is 5.31. The molecule has 0 spiro atoms. The van der Waals surface area contributed by atoms with Crippen LogP contribution in [0.25, 0.3) is 0 Å². The molecular formula is C22H25N3O5S. The van der Waals surface area contributed by atoms with E-state index < -0.39 is 10.0 Å². The highest BCUT2D eigenvalue weighted by molar-refractivity contribution is 7.89. The number of hydrogen-bond acceptors (Lipinski definition) is 6. The van der Waals surface area contributed by atoms with E-state index >= 15 is 0 Å². The number of aryl methyl sites for hydroxylation is 2. The van der Waals surface area contributed by atoms with E-state index in [1.165, 1.54) is 26.2 Å². The van der Waals surface area contributed by atoms with Gasteiger partial charge in [-0.3, -0.25) is 4.79 Å². The Balaban J connectivity index is 1.55. The highest BCUT2D eigenvalue weighted by atomic mass is 32.2.